The number of nitrogens with one attached hydrogen (secondary N) is 1. The monoisotopic (exact) mass is 183 g/mol. The van der Waals surface area contributed by atoms with Crippen molar-refractivity contribution in [3.63, 3.8) is 0 Å². The van der Waals surface area contributed by atoms with Gasteiger partial charge >= 0.3 is 0 Å². The Labute approximate surface area is 81.4 Å². The zero-order valence-corrected chi connectivity index (χ0v) is 9.24. The summed E-state index contributed by atoms with van der Waals surface area (Å²) >= 11 is 0. The summed E-state index contributed by atoms with van der Waals surface area (Å²) < 4.78 is 0. The molecule has 1 heterocycles. The van der Waals surface area contributed by atoms with E-state index >= 15 is 0 Å². The maximum Gasteiger partial charge on any atom is 0.136 e. The standard InChI is InChI=1S/C9H17NO.C2H4/c1-8(2)5-7(11)6-9(3,4)10-8;1-2/h10H,5-6H2,1-4H3;1-2H2. The first-order valence-electron chi connectivity index (χ1n) is 4.62. The van der Waals surface area contributed by atoms with Crippen LogP contribution in [0.4, 0.5) is 0 Å². The van der Waals surface area contributed by atoms with Gasteiger partial charge in [-0.15, -0.1) is 13.2 Å². The minimum atomic E-state index is -0.0150. The van der Waals surface area contributed by atoms with Crippen molar-refractivity contribution in [3.05, 3.63) is 13.2 Å². The van der Waals surface area contributed by atoms with E-state index in [1.165, 1.54) is 0 Å². The molecule has 1 aliphatic rings. The molecule has 0 unspecified atom stereocenters. The fourth-order valence-corrected chi connectivity index (χ4v) is 2.05. The predicted molar refractivity (Wildman–Crippen MR) is 56.8 cm³/mol. The van der Waals surface area contributed by atoms with Gasteiger partial charge in [-0.2, -0.15) is 0 Å². The molecule has 0 bridgehead atoms. The smallest absolute Gasteiger partial charge is 0.136 e. The lowest BCUT2D eigenvalue weighted by molar-refractivity contribution is -0.124. The van der Waals surface area contributed by atoms with Crippen LogP contribution in [0.15, 0.2) is 13.2 Å². The number of rotatable bonds is 0. The normalized spacial score (nSPS) is 24.5. The number of piperidine rings is 1. The SMILES string of the molecule is C=C.CC1(C)CC(=O)CC(C)(C)N1. The lowest BCUT2D eigenvalue weighted by atomic mass is 9.82. The number of hydrogen-bond acceptors (Lipinski definition) is 2. The van der Waals surface area contributed by atoms with E-state index in [1.54, 1.807) is 0 Å². The molecule has 76 valence electrons. The first kappa shape index (κ1) is 12.4. The fourth-order valence-electron chi connectivity index (χ4n) is 2.05. The van der Waals surface area contributed by atoms with Crippen LogP contribution in [0.3, 0.4) is 0 Å². The van der Waals surface area contributed by atoms with Crippen molar-refractivity contribution >= 4 is 5.78 Å². The summed E-state index contributed by atoms with van der Waals surface area (Å²) in [5, 5.41) is 3.44. The van der Waals surface area contributed by atoms with E-state index in [1.807, 2.05) is 0 Å². The van der Waals surface area contributed by atoms with Crippen molar-refractivity contribution in [1.29, 1.82) is 0 Å². The predicted octanol–water partition coefficient (Wildman–Crippen LogP) is 2.30. The van der Waals surface area contributed by atoms with Crippen LogP contribution in [0.25, 0.3) is 0 Å². The fraction of sp³-hybridized carbons (Fsp3) is 0.727. The van der Waals surface area contributed by atoms with Gasteiger partial charge in [0.05, 0.1) is 0 Å². The Hall–Kier alpha value is -0.630. The number of Topliss-reactive ketones (excluding diaryl/α,β-unsaturated/α-hetero) is 1. The lowest BCUT2D eigenvalue weighted by Gasteiger charge is -2.41. The van der Waals surface area contributed by atoms with Crippen LogP contribution in [0.1, 0.15) is 40.5 Å². The second-order valence-corrected chi connectivity index (χ2v) is 4.78. The van der Waals surface area contributed by atoms with Crippen molar-refractivity contribution in [2.75, 3.05) is 0 Å². The summed E-state index contributed by atoms with van der Waals surface area (Å²) in [5.41, 5.74) is -0.0301. The first-order chi connectivity index (χ1) is 5.81. The molecule has 13 heavy (non-hydrogen) atoms. The van der Waals surface area contributed by atoms with Gasteiger partial charge in [0.25, 0.3) is 0 Å². The van der Waals surface area contributed by atoms with E-state index in [2.05, 4.69) is 46.2 Å². The van der Waals surface area contributed by atoms with Gasteiger partial charge in [-0.3, -0.25) is 4.79 Å². The molecule has 1 rings (SSSR count). The van der Waals surface area contributed by atoms with Crippen molar-refractivity contribution in [1.82, 2.24) is 5.32 Å². The van der Waals surface area contributed by atoms with Crippen LogP contribution >= 0.6 is 0 Å². The second kappa shape index (κ2) is 4.05. The molecular formula is C11H21NO. The average molecular weight is 183 g/mol. The highest BCUT2D eigenvalue weighted by Gasteiger charge is 2.36. The summed E-state index contributed by atoms with van der Waals surface area (Å²) in [6, 6.07) is 0. The van der Waals surface area contributed by atoms with Crippen LogP contribution in [-0.2, 0) is 4.79 Å². The minimum Gasteiger partial charge on any atom is -0.306 e. The van der Waals surface area contributed by atoms with Crippen molar-refractivity contribution in [2.24, 2.45) is 0 Å². The molecule has 1 fully saturated rings. The van der Waals surface area contributed by atoms with Crippen LogP contribution in [-0.4, -0.2) is 16.9 Å². The molecule has 0 saturated carbocycles. The number of carbonyl (C=O) groups excluding carboxylic acids is 1. The molecule has 2 nitrogen and oxygen atoms in total. The first-order valence-corrected chi connectivity index (χ1v) is 4.62. The van der Waals surface area contributed by atoms with Crippen LogP contribution in [0.5, 0.6) is 0 Å². The molecule has 1 aliphatic heterocycles. The summed E-state index contributed by atoms with van der Waals surface area (Å²) in [7, 11) is 0. The van der Waals surface area contributed by atoms with Gasteiger partial charge in [0, 0.05) is 23.9 Å². The largest absolute Gasteiger partial charge is 0.306 e. The highest BCUT2D eigenvalue weighted by molar-refractivity contribution is 5.81. The molecule has 0 atom stereocenters. The molecule has 0 aromatic carbocycles. The van der Waals surface area contributed by atoms with Crippen molar-refractivity contribution < 1.29 is 4.79 Å². The third kappa shape index (κ3) is 4.23. The summed E-state index contributed by atoms with van der Waals surface area (Å²) in [6.07, 6.45) is 1.33. The van der Waals surface area contributed by atoms with E-state index in [4.69, 9.17) is 0 Å². The van der Waals surface area contributed by atoms with Gasteiger partial charge in [0.2, 0.25) is 0 Å². The third-order valence-electron chi connectivity index (χ3n) is 1.95. The Morgan fingerprint density at radius 2 is 1.38 bits per heavy atom. The van der Waals surface area contributed by atoms with Gasteiger partial charge in [-0.25, -0.2) is 0 Å². The molecule has 0 aliphatic carbocycles. The zero-order chi connectivity index (χ0) is 10.7. The topological polar surface area (TPSA) is 29.1 Å². The number of hydrogen-bond donors (Lipinski definition) is 1. The molecular weight excluding hydrogens is 162 g/mol. The molecule has 0 spiro atoms. The van der Waals surface area contributed by atoms with Crippen LogP contribution in [0, 0.1) is 0 Å². The van der Waals surface area contributed by atoms with Crippen LogP contribution in [0.2, 0.25) is 0 Å². The highest BCUT2D eigenvalue weighted by Crippen LogP contribution is 2.25. The molecule has 0 aromatic heterocycles. The van der Waals surface area contributed by atoms with E-state index in [-0.39, 0.29) is 11.1 Å². The van der Waals surface area contributed by atoms with Gasteiger partial charge in [-0.1, -0.05) is 0 Å². The Morgan fingerprint density at radius 3 is 1.62 bits per heavy atom. The Balaban J connectivity index is 0.000000671. The molecule has 0 radical (unpaired) electrons. The van der Waals surface area contributed by atoms with E-state index in [0.717, 1.165) is 0 Å². The maximum absolute atomic E-state index is 11.3. The quantitative estimate of drug-likeness (QED) is 0.584. The third-order valence-corrected chi connectivity index (χ3v) is 1.95. The summed E-state index contributed by atoms with van der Waals surface area (Å²) in [6.45, 7) is 14.3. The van der Waals surface area contributed by atoms with Crippen LogP contribution < -0.4 is 5.32 Å². The Bertz CT molecular complexity index is 176. The number of carbonyl (C=O) groups is 1. The molecule has 1 saturated heterocycles. The molecule has 1 N–H and O–H groups in total. The lowest BCUT2D eigenvalue weighted by Crippen LogP contribution is -2.58. The maximum atomic E-state index is 11.3. The summed E-state index contributed by atoms with van der Waals surface area (Å²) in [4.78, 5) is 11.3. The van der Waals surface area contributed by atoms with Gasteiger partial charge in [0.15, 0.2) is 0 Å². The Kier molecular flexibility index (Phi) is 3.86. The van der Waals surface area contributed by atoms with Crippen molar-refractivity contribution in [2.45, 2.75) is 51.6 Å². The van der Waals surface area contributed by atoms with Crippen molar-refractivity contribution in [3.8, 4) is 0 Å². The second-order valence-electron chi connectivity index (χ2n) is 4.78. The van der Waals surface area contributed by atoms with E-state index in [9.17, 15) is 4.79 Å². The molecule has 0 aromatic rings. The minimum absolute atomic E-state index is 0.0150. The molecule has 0 amide bonds. The average Bonchev–Trinajstić information content (AvgIpc) is 1.82. The van der Waals surface area contributed by atoms with E-state index in [0.29, 0.717) is 18.6 Å². The molecule has 2 heteroatoms. The highest BCUT2D eigenvalue weighted by atomic mass is 16.1. The van der Waals surface area contributed by atoms with E-state index < -0.39 is 0 Å². The van der Waals surface area contributed by atoms with Gasteiger partial charge in [0.1, 0.15) is 5.78 Å². The Morgan fingerprint density at radius 1 is 1.08 bits per heavy atom. The summed E-state index contributed by atoms with van der Waals surface area (Å²) in [5.74, 6) is 0.374. The van der Waals surface area contributed by atoms with Gasteiger partial charge < -0.3 is 5.32 Å². The van der Waals surface area contributed by atoms with Gasteiger partial charge in [-0.05, 0) is 27.7 Å². The number of ketones is 1. The zero-order valence-electron chi connectivity index (χ0n) is 9.24.